The van der Waals surface area contributed by atoms with E-state index in [2.05, 4.69) is 23.5 Å². The van der Waals surface area contributed by atoms with Crippen LogP contribution in [0.4, 0.5) is 5.69 Å². The molecule has 3 nitrogen and oxygen atoms in total. The first kappa shape index (κ1) is 11.8. The zero-order valence-corrected chi connectivity index (χ0v) is 10.6. The molecule has 2 aromatic carbocycles. The smallest absolute Gasteiger partial charge is 0.0947 e. The van der Waals surface area contributed by atoms with Crippen molar-refractivity contribution in [2.45, 2.75) is 13.1 Å². The molecule has 1 aromatic heterocycles. The van der Waals surface area contributed by atoms with Gasteiger partial charge in [0.15, 0.2) is 0 Å². The van der Waals surface area contributed by atoms with Gasteiger partial charge in [-0.2, -0.15) is 0 Å². The van der Waals surface area contributed by atoms with E-state index in [0.717, 1.165) is 29.9 Å². The van der Waals surface area contributed by atoms with Crippen LogP contribution in [0.15, 0.2) is 59.4 Å². The maximum absolute atomic E-state index is 6.09. The quantitative estimate of drug-likeness (QED) is 0.700. The average Bonchev–Trinajstić information content (AvgIpc) is 2.92. The highest BCUT2D eigenvalue weighted by Crippen LogP contribution is 2.21. The number of furan rings is 1. The summed E-state index contributed by atoms with van der Waals surface area (Å²) >= 11 is 0. The largest absolute Gasteiger partial charge is 0.472 e. The number of nitrogens with two attached hydrogens (primary N) is 1. The lowest BCUT2D eigenvalue weighted by molar-refractivity contribution is 0.560. The van der Waals surface area contributed by atoms with E-state index in [4.69, 9.17) is 10.2 Å². The number of rotatable bonds is 4. The monoisotopic (exact) mass is 252 g/mol. The highest BCUT2D eigenvalue weighted by atomic mass is 16.3. The molecule has 3 heteroatoms. The third kappa shape index (κ3) is 2.61. The second kappa shape index (κ2) is 5.16. The van der Waals surface area contributed by atoms with E-state index in [1.807, 2.05) is 24.3 Å². The molecule has 0 saturated heterocycles. The maximum Gasteiger partial charge on any atom is 0.0947 e. The summed E-state index contributed by atoms with van der Waals surface area (Å²) in [5.74, 6) is 0. The Bertz CT molecular complexity index is 674. The summed E-state index contributed by atoms with van der Waals surface area (Å²) in [6.07, 6.45) is 3.43. The predicted molar refractivity (Wildman–Crippen MR) is 77.6 cm³/mol. The summed E-state index contributed by atoms with van der Waals surface area (Å²) in [6, 6.07) is 14.4. The fourth-order valence-electron chi connectivity index (χ4n) is 2.19. The van der Waals surface area contributed by atoms with Crippen LogP contribution in [-0.2, 0) is 13.1 Å². The Kier molecular flexibility index (Phi) is 3.21. The molecule has 0 bridgehead atoms. The number of anilines is 1. The van der Waals surface area contributed by atoms with Crippen molar-refractivity contribution in [2.24, 2.45) is 0 Å². The zero-order chi connectivity index (χ0) is 13.1. The van der Waals surface area contributed by atoms with Gasteiger partial charge in [-0.3, -0.25) is 0 Å². The Morgan fingerprint density at radius 2 is 1.79 bits per heavy atom. The van der Waals surface area contributed by atoms with E-state index in [9.17, 15) is 0 Å². The normalized spacial score (nSPS) is 10.9. The van der Waals surface area contributed by atoms with Crippen LogP contribution in [0.2, 0.25) is 0 Å². The van der Waals surface area contributed by atoms with Crippen LogP contribution in [0.25, 0.3) is 10.8 Å². The van der Waals surface area contributed by atoms with E-state index in [-0.39, 0.29) is 0 Å². The van der Waals surface area contributed by atoms with Gasteiger partial charge in [-0.05, 0) is 34.5 Å². The minimum absolute atomic E-state index is 0.752. The van der Waals surface area contributed by atoms with E-state index in [1.165, 1.54) is 10.8 Å². The number of benzene rings is 2. The second-order valence-corrected chi connectivity index (χ2v) is 4.63. The fraction of sp³-hybridized carbons (Fsp3) is 0.125. The van der Waals surface area contributed by atoms with Crippen molar-refractivity contribution in [3.8, 4) is 0 Å². The lowest BCUT2D eigenvalue weighted by atomic mass is 10.1. The highest BCUT2D eigenvalue weighted by molar-refractivity contribution is 5.86. The Morgan fingerprint density at radius 3 is 2.53 bits per heavy atom. The maximum atomic E-state index is 6.09. The van der Waals surface area contributed by atoms with Gasteiger partial charge in [0.25, 0.3) is 0 Å². The van der Waals surface area contributed by atoms with Crippen LogP contribution in [0, 0.1) is 0 Å². The molecule has 0 aliphatic rings. The molecule has 3 rings (SSSR count). The zero-order valence-electron chi connectivity index (χ0n) is 10.6. The van der Waals surface area contributed by atoms with Crippen molar-refractivity contribution in [3.63, 3.8) is 0 Å². The minimum atomic E-state index is 0.752. The summed E-state index contributed by atoms with van der Waals surface area (Å²) in [5, 5.41) is 5.77. The predicted octanol–water partition coefficient (Wildman–Crippen LogP) is 3.30. The Morgan fingerprint density at radius 1 is 1.00 bits per heavy atom. The van der Waals surface area contributed by atoms with Gasteiger partial charge in [0.2, 0.25) is 0 Å². The fourth-order valence-corrected chi connectivity index (χ4v) is 2.19. The summed E-state index contributed by atoms with van der Waals surface area (Å²) in [6.45, 7) is 1.53. The van der Waals surface area contributed by atoms with Crippen LogP contribution in [0.3, 0.4) is 0 Å². The summed E-state index contributed by atoms with van der Waals surface area (Å²) in [4.78, 5) is 0. The number of hydrogen-bond donors (Lipinski definition) is 2. The summed E-state index contributed by atoms with van der Waals surface area (Å²) in [5.41, 5.74) is 9.18. The first-order valence-corrected chi connectivity index (χ1v) is 6.32. The van der Waals surface area contributed by atoms with Crippen LogP contribution in [0.5, 0.6) is 0 Å². The van der Waals surface area contributed by atoms with Crippen molar-refractivity contribution >= 4 is 16.5 Å². The topological polar surface area (TPSA) is 51.2 Å². The first-order valence-electron chi connectivity index (χ1n) is 6.32. The molecule has 0 spiro atoms. The minimum Gasteiger partial charge on any atom is -0.472 e. The molecule has 0 radical (unpaired) electrons. The van der Waals surface area contributed by atoms with Gasteiger partial charge in [-0.25, -0.2) is 0 Å². The van der Waals surface area contributed by atoms with Crippen LogP contribution in [-0.4, -0.2) is 0 Å². The third-order valence-electron chi connectivity index (χ3n) is 3.23. The first-order chi connectivity index (χ1) is 9.33. The number of nitrogens with one attached hydrogen (secondary N) is 1. The van der Waals surface area contributed by atoms with E-state index in [1.54, 1.807) is 12.5 Å². The van der Waals surface area contributed by atoms with Crippen molar-refractivity contribution in [3.05, 3.63) is 66.1 Å². The summed E-state index contributed by atoms with van der Waals surface area (Å²) in [7, 11) is 0. The van der Waals surface area contributed by atoms with Crippen LogP contribution >= 0.6 is 0 Å². The lowest BCUT2D eigenvalue weighted by Crippen LogP contribution is -2.13. The molecule has 0 amide bonds. The second-order valence-electron chi connectivity index (χ2n) is 4.63. The molecular weight excluding hydrogens is 236 g/mol. The summed E-state index contributed by atoms with van der Waals surface area (Å²) < 4.78 is 5.03. The van der Waals surface area contributed by atoms with Crippen molar-refractivity contribution in [2.75, 3.05) is 5.73 Å². The van der Waals surface area contributed by atoms with E-state index >= 15 is 0 Å². The van der Waals surface area contributed by atoms with Gasteiger partial charge in [-0.1, -0.05) is 24.3 Å². The van der Waals surface area contributed by atoms with Gasteiger partial charge < -0.3 is 15.5 Å². The Hall–Kier alpha value is -2.26. The van der Waals surface area contributed by atoms with Gasteiger partial charge in [0, 0.05) is 24.3 Å². The van der Waals surface area contributed by atoms with Gasteiger partial charge >= 0.3 is 0 Å². The molecule has 19 heavy (non-hydrogen) atoms. The molecule has 3 aromatic rings. The Labute approximate surface area is 112 Å². The molecule has 0 atom stereocenters. The number of nitrogen functional groups attached to an aromatic ring is 1. The number of hydrogen-bond acceptors (Lipinski definition) is 3. The lowest BCUT2D eigenvalue weighted by Gasteiger charge is -2.09. The number of fused-ring (bicyclic) bond motifs is 1. The highest BCUT2D eigenvalue weighted by Gasteiger charge is 2.02. The average molecular weight is 252 g/mol. The van der Waals surface area contributed by atoms with Crippen LogP contribution in [0.1, 0.15) is 11.1 Å². The third-order valence-corrected chi connectivity index (χ3v) is 3.23. The van der Waals surface area contributed by atoms with Gasteiger partial charge in [-0.15, -0.1) is 0 Å². The molecule has 1 heterocycles. The Balaban J connectivity index is 1.75. The molecule has 3 N–H and O–H groups in total. The van der Waals surface area contributed by atoms with Crippen molar-refractivity contribution < 1.29 is 4.42 Å². The molecule has 0 unspecified atom stereocenters. The van der Waals surface area contributed by atoms with Crippen LogP contribution < -0.4 is 11.1 Å². The van der Waals surface area contributed by atoms with Crippen molar-refractivity contribution in [1.29, 1.82) is 0 Å². The van der Waals surface area contributed by atoms with Gasteiger partial charge in [0.1, 0.15) is 0 Å². The van der Waals surface area contributed by atoms with E-state index in [0.29, 0.717) is 0 Å². The molecule has 0 saturated carbocycles. The molecule has 96 valence electrons. The van der Waals surface area contributed by atoms with Crippen molar-refractivity contribution in [1.82, 2.24) is 5.32 Å². The van der Waals surface area contributed by atoms with E-state index < -0.39 is 0 Å². The molecule has 0 fully saturated rings. The molecular formula is C16H16N2O. The van der Waals surface area contributed by atoms with Gasteiger partial charge in [0.05, 0.1) is 12.5 Å². The molecule has 0 aliphatic carbocycles. The molecule has 0 aliphatic heterocycles. The SMILES string of the molecule is Nc1cc2ccccc2cc1CNCc1ccoc1. The standard InChI is InChI=1S/C16H16N2O/c17-16-8-14-4-2-1-3-13(14)7-15(16)10-18-9-12-5-6-19-11-12/h1-8,11,18H,9-10,17H2.